The van der Waals surface area contributed by atoms with Crippen LogP contribution in [-0.4, -0.2) is 11.0 Å². The van der Waals surface area contributed by atoms with Crippen molar-refractivity contribution in [1.29, 1.82) is 0 Å². The molecule has 0 aliphatic heterocycles. The molecule has 76 valence electrons. The first-order chi connectivity index (χ1) is 6.67. The van der Waals surface area contributed by atoms with Gasteiger partial charge in [-0.2, -0.15) is 0 Å². The number of terminal acetylenes is 1. The molecule has 0 bridgehead atoms. The lowest BCUT2D eigenvalue weighted by Gasteiger charge is -2.15. The van der Waals surface area contributed by atoms with E-state index in [-0.39, 0.29) is 6.04 Å². The molecule has 1 rings (SSSR count). The highest BCUT2D eigenvalue weighted by molar-refractivity contribution is 7.13. The van der Waals surface area contributed by atoms with Crippen molar-refractivity contribution in [3.63, 3.8) is 0 Å². The number of nitrogens with one attached hydrogen (secondary N) is 1. The summed E-state index contributed by atoms with van der Waals surface area (Å²) in [6.07, 6.45) is 6.40. The molecular weight excluding hydrogens is 192 g/mol. The quantitative estimate of drug-likeness (QED) is 0.770. The molecule has 0 radical (unpaired) electrons. The zero-order valence-electron chi connectivity index (χ0n) is 8.87. The molecule has 0 amide bonds. The average Bonchev–Trinajstić information content (AvgIpc) is 2.61. The Morgan fingerprint density at radius 1 is 1.64 bits per heavy atom. The molecule has 0 aromatic carbocycles. The Labute approximate surface area is 89.8 Å². The van der Waals surface area contributed by atoms with Crippen LogP contribution in [0.15, 0.2) is 5.38 Å². The predicted molar refractivity (Wildman–Crippen MR) is 62.6 cm³/mol. The lowest BCUT2D eigenvalue weighted by molar-refractivity contribution is 0.614. The minimum atomic E-state index is 0.0749. The van der Waals surface area contributed by atoms with Crippen molar-refractivity contribution in [2.45, 2.75) is 33.2 Å². The molecule has 14 heavy (non-hydrogen) atoms. The molecule has 1 atom stereocenters. The number of thiazole rings is 1. The summed E-state index contributed by atoms with van der Waals surface area (Å²) in [6.45, 7) is 6.30. The van der Waals surface area contributed by atoms with E-state index in [4.69, 9.17) is 6.42 Å². The van der Waals surface area contributed by atoms with Crippen LogP contribution in [0.25, 0.3) is 0 Å². The predicted octanol–water partition coefficient (Wildman–Crippen LogP) is 2.78. The van der Waals surface area contributed by atoms with Crippen molar-refractivity contribution in [2.24, 2.45) is 5.92 Å². The number of rotatable bonds is 4. The van der Waals surface area contributed by atoms with Gasteiger partial charge in [0.05, 0.1) is 11.7 Å². The summed E-state index contributed by atoms with van der Waals surface area (Å²) in [7, 11) is 0. The summed E-state index contributed by atoms with van der Waals surface area (Å²) in [5.74, 6) is 3.16. The summed E-state index contributed by atoms with van der Waals surface area (Å²) in [4.78, 5) is 4.41. The standard InChI is InChI=1S/C11H16N2S/c1-5-9-7-14-11(12-9)13-10(6-2)8(3)4/h2,7-8,10H,5H2,1,3-4H3,(H,12,13). The SMILES string of the molecule is C#CC(Nc1nc(CC)cs1)C(C)C. The Hall–Kier alpha value is -1.01. The summed E-state index contributed by atoms with van der Waals surface area (Å²) < 4.78 is 0. The van der Waals surface area contributed by atoms with Gasteiger partial charge in [-0.15, -0.1) is 17.8 Å². The third-order valence-corrected chi connectivity index (χ3v) is 2.86. The van der Waals surface area contributed by atoms with Crippen LogP contribution in [0.2, 0.25) is 0 Å². The number of aryl methyl sites for hydroxylation is 1. The molecule has 3 heteroatoms. The fraction of sp³-hybridized carbons (Fsp3) is 0.545. The Morgan fingerprint density at radius 3 is 2.79 bits per heavy atom. The van der Waals surface area contributed by atoms with Gasteiger partial charge in [-0.3, -0.25) is 0 Å². The number of anilines is 1. The molecule has 1 unspecified atom stereocenters. The van der Waals surface area contributed by atoms with Crippen LogP contribution in [0.1, 0.15) is 26.5 Å². The number of hydrogen-bond donors (Lipinski definition) is 1. The molecule has 2 nitrogen and oxygen atoms in total. The molecule has 0 saturated heterocycles. The second kappa shape index (κ2) is 5.02. The number of aromatic nitrogens is 1. The van der Waals surface area contributed by atoms with Gasteiger partial charge >= 0.3 is 0 Å². The van der Waals surface area contributed by atoms with Crippen molar-refractivity contribution < 1.29 is 0 Å². The van der Waals surface area contributed by atoms with Gasteiger partial charge in [0.15, 0.2) is 5.13 Å². The Balaban J connectivity index is 2.63. The molecule has 1 N–H and O–H groups in total. The molecule has 0 saturated carbocycles. The van der Waals surface area contributed by atoms with Crippen LogP contribution in [0, 0.1) is 18.3 Å². The van der Waals surface area contributed by atoms with Crippen LogP contribution >= 0.6 is 11.3 Å². The zero-order chi connectivity index (χ0) is 10.6. The van der Waals surface area contributed by atoms with Crippen molar-refractivity contribution in [3.8, 4) is 12.3 Å². The number of hydrogen-bond acceptors (Lipinski definition) is 3. The van der Waals surface area contributed by atoms with Crippen molar-refractivity contribution in [2.75, 3.05) is 5.32 Å². The van der Waals surface area contributed by atoms with E-state index in [1.807, 2.05) is 0 Å². The van der Waals surface area contributed by atoms with E-state index in [0.29, 0.717) is 5.92 Å². The van der Waals surface area contributed by atoms with Crippen LogP contribution in [-0.2, 0) is 6.42 Å². The lowest BCUT2D eigenvalue weighted by atomic mass is 10.1. The van der Waals surface area contributed by atoms with Crippen LogP contribution in [0.5, 0.6) is 0 Å². The minimum absolute atomic E-state index is 0.0749. The minimum Gasteiger partial charge on any atom is -0.348 e. The highest BCUT2D eigenvalue weighted by atomic mass is 32.1. The summed E-state index contributed by atoms with van der Waals surface area (Å²) in [5.41, 5.74) is 1.12. The molecule has 1 aromatic rings. The summed E-state index contributed by atoms with van der Waals surface area (Å²) in [5, 5.41) is 6.25. The van der Waals surface area contributed by atoms with Gasteiger partial charge in [-0.1, -0.05) is 26.7 Å². The lowest BCUT2D eigenvalue weighted by Crippen LogP contribution is -2.23. The fourth-order valence-corrected chi connectivity index (χ4v) is 1.90. The van der Waals surface area contributed by atoms with E-state index in [1.165, 1.54) is 0 Å². The molecule has 1 heterocycles. The maximum atomic E-state index is 5.43. The smallest absolute Gasteiger partial charge is 0.183 e. The second-order valence-electron chi connectivity index (χ2n) is 3.53. The second-order valence-corrected chi connectivity index (χ2v) is 4.39. The van der Waals surface area contributed by atoms with Crippen molar-refractivity contribution in [3.05, 3.63) is 11.1 Å². The van der Waals surface area contributed by atoms with Crippen LogP contribution in [0.3, 0.4) is 0 Å². The molecule has 1 aromatic heterocycles. The Kier molecular flexibility index (Phi) is 3.97. The maximum absolute atomic E-state index is 5.43. The average molecular weight is 208 g/mol. The van der Waals surface area contributed by atoms with Gasteiger partial charge in [0.2, 0.25) is 0 Å². The van der Waals surface area contributed by atoms with Gasteiger partial charge in [0.25, 0.3) is 0 Å². The molecule has 0 spiro atoms. The summed E-state index contributed by atoms with van der Waals surface area (Å²) >= 11 is 1.62. The van der Waals surface area contributed by atoms with Gasteiger partial charge in [0, 0.05) is 5.38 Å². The molecule has 0 aliphatic rings. The molecule has 0 aliphatic carbocycles. The van der Waals surface area contributed by atoms with Crippen molar-refractivity contribution in [1.82, 2.24) is 4.98 Å². The molecule has 0 fully saturated rings. The molecular formula is C11H16N2S. The van der Waals surface area contributed by atoms with E-state index in [0.717, 1.165) is 17.2 Å². The van der Waals surface area contributed by atoms with E-state index >= 15 is 0 Å². The van der Waals surface area contributed by atoms with E-state index in [2.05, 4.69) is 42.4 Å². The maximum Gasteiger partial charge on any atom is 0.183 e. The van der Waals surface area contributed by atoms with Gasteiger partial charge in [0.1, 0.15) is 0 Å². The van der Waals surface area contributed by atoms with Crippen molar-refractivity contribution >= 4 is 16.5 Å². The van der Waals surface area contributed by atoms with Gasteiger partial charge in [-0.05, 0) is 12.3 Å². The Bertz CT molecular complexity index is 322. The zero-order valence-corrected chi connectivity index (χ0v) is 9.69. The first-order valence-corrected chi connectivity index (χ1v) is 5.72. The van der Waals surface area contributed by atoms with Gasteiger partial charge in [-0.25, -0.2) is 4.98 Å². The van der Waals surface area contributed by atoms with E-state index in [1.54, 1.807) is 11.3 Å². The topological polar surface area (TPSA) is 24.9 Å². The normalized spacial score (nSPS) is 12.5. The first kappa shape index (κ1) is 11.1. The van der Waals surface area contributed by atoms with Gasteiger partial charge < -0.3 is 5.32 Å². The van der Waals surface area contributed by atoms with E-state index < -0.39 is 0 Å². The summed E-state index contributed by atoms with van der Waals surface area (Å²) in [6, 6.07) is 0.0749. The van der Waals surface area contributed by atoms with Crippen LogP contribution < -0.4 is 5.32 Å². The number of nitrogens with zero attached hydrogens (tertiary/aromatic N) is 1. The largest absolute Gasteiger partial charge is 0.348 e. The third-order valence-electron chi connectivity index (χ3n) is 2.04. The fourth-order valence-electron chi connectivity index (χ4n) is 1.07. The first-order valence-electron chi connectivity index (χ1n) is 4.84. The Morgan fingerprint density at radius 2 is 2.36 bits per heavy atom. The monoisotopic (exact) mass is 208 g/mol. The van der Waals surface area contributed by atoms with Crippen LogP contribution in [0.4, 0.5) is 5.13 Å². The highest BCUT2D eigenvalue weighted by Crippen LogP contribution is 2.18. The van der Waals surface area contributed by atoms with E-state index in [9.17, 15) is 0 Å². The third kappa shape index (κ3) is 2.74. The highest BCUT2D eigenvalue weighted by Gasteiger charge is 2.11.